The zero-order valence-corrected chi connectivity index (χ0v) is 13.6. The number of nitro benzene ring substituents is 1. The van der Waals surface area contributed by atoms with Crippen LogP contribution in [0.4, 0.5) is 33.3 Å². The number of nitrogens with zero attached hydrogens (tertiary/aromatic N) is 1. The van der Waals surface area contributed by atoms with Gasteiger partial charge in [-0.25, -0.2) is 8.78 Å². The number of rotatable bonds is 4. The number of carbonyl (C=O) groups is 1. The first-order chi connectivity index (χ1) is 12.1. The SMILES string of the molecule is CNc1c([N+](=O)[O-])cc(C(=O)N[C@H]2CC[C@H](C(F)(F)F)CC2)c(F)c1F. The van der Waals surface area contributed by atoms with Crippen molar-refractivity contribution in [3.8, 4) is 0 Å². The molecule has 1 saturated carbocycles. The molecule has 2 rings (SSSR count). The van der Waals surface area contributed by atoms with Crippen LogP contribution in [0.3, 0.4) is 0 Å². The number of carbonyl (C=O) groups excluding carboxylic acids is 1. The van der Waals surface area contributed by atoms with Crippen molar-refractivity contribution in [2.24, 2.45) is 5.92 Å². The molecule has 1 fully saturated rings. The van der Waals surface area contributed by atoms with Gasteiger partial charge in [0.25, 0.3) is 11.6 Å². The summed E-state index contributed by atoms with van der Waals surface area (Å²) < 4.78 is 65.9. The molecule has 0 aromatic heterocycles. The Kier molecular flexibility index (Phi) is 5.67. The van der Waals surface area contributed by atoms with Crippen LogP contribution in [0.1, 0.15) is 36.0 Å². The Labute approximate surface area is 144 Å². The van der Waals surface area contributed by atoms with Crippen molar-refractivity contribution in [1.82, 2.24) is 5.32 Å². The van der Waals surface area contributed by atoms with Crippen LogP contribution in [-0.4, -0.2) is 30.1 Å². The molecule has 0 aliphatic heterocycles. The lowest BCUT2D eigenvalue weighted by Crippen LogP contribution is -2.40. The average molecular weight is 381 g/mol. The Morgan fingerprint density at radius 1 is 1.19 bits per heavy atom. The van der Waals surface area contributed by atoms with Gasteiger partial charge in [0.15, 0.2) is 17.3 Å². The van der Waals surface area contributed by atoms with Crippen LogP contribution in [0.2, 0.25) is 0 Å². The maximum atomic E-state index is 14.1. The fraction of sp³-hybridized carbons (Fsp3) is 0.533. The van der Waals surface area contributed by atoms with E-state index in [0.717, 1.165) is 7.05 Å². The average Bonchev–Trinajstić information content (AvgIpc) is 2.56. The Morgan fingerprint density at radius 2 is 1.77 bits per heavy atom. The Morgan fingerprint density at radius 3 is 2.23 bits per heavy atom. The summed E-state index contributed by atoms with van der Waals surface area (Å²) >= 11 is 0. The molecule has 1 amide bonds. The summed E-state index contributed by atoms with van der Waals surface area (Å²) in [5, 5.41) is 15.5. The van der Waals surface area contributed by atoms with E-state index in [1.165, 1.54) is 0 Å². The molecule has 1 aliphatic rings. The van der Waals surface area contributed by atoms with E-state index in [4.69, 9.17) is 0 Å². The second-order valence-corrected chi connectivity index (χ2v) is 6.02. The number of benzene rings is 1. The van der Waals surface area contributed by atoms with Gasteiger partial charge < -0.3 is 10.6 Å². The molecule has 144 valence electrons. The molecule has 1 aromatic rings. The molecule has 0 unspecified atom stereocenters. The number of hydrogen-bond acceptors (Lipinski definition) is 4. The third-order valence-electron chi connectivity index (χ3n) is 4.40. The lowest BCUT2D eigenvalue weighted by atomic mass is 9.85. The van der Waals surface area contributed by atoms with Gasteiger partial charge in [-0.05, 0) is 25.7 Å². The number of nitro groups is 1. The molecule has 11 heteroatoms. The van der Waals surface area contributed by atoms with Crippen molar-refractivity contribution in [3.63, 3.8) is 0 Å². The highest BCUT2D eigenvalue weighted by Crippen LogP contribution is 2.37. The fourth-order valence-electron chi connectivity index (χ4n) is 2.99. The highest BCUT2D eigenvalue weighted by atomic mass is 19.4. The maximum Gasteiger partial charge on any atom is 0.391 e. The first-order valence-electron chi connectivity index (χ1n) is 7.78. The summed E-state index contributed by atoms with van der Waals surface area (Å²) in [7, 11) is 1.16. The molecule has 0 heterocycles. The van der Waals surface area contributed by atoms with E-state index in [9.17, 15) is 36.9 Å². The molecule has 0 atom stereocenters. The highest BCUT2D eigenvalue weighted by molar-refractivity contribution is 5.96. The minimum Gasteiger partial charge on any atom is -0.380 e. The van der Waals surface area contributed by atoms with Crippen molar-refractivity contribution < 1.29 is 31.7 Å². The number of hydrogen-bond donors (Lipinski definition) is 2. The van der Waals surface area contributed by atoms with E-state index >= 15 is 0 Å². The number of amides is 1. The summed E-state index contributed by atoms with van der Waals surface area (Å²) in [6, 6.07) is -0.0485. The Bertz CT molecular complexity index is 715. The quantitative estimate of drug-likeness (QED) is 0.473. The second-order valence-electron chi connectivity index (χ2n) is 6.02. The summed E-state index contributed by atoms with van der Waals surface area (Å²) in [5.74, 6) is -5.71. The van der Waals surface area contributed by atoms with E-state index in [2.05, 4.69) is 10.6 Å². The predicted octanol–water partition coefficient (Wildman–Crippen LogP) is 3.77. The normalized spacial score (nSPS) is 20.5. The highest BCUT2D eigenvalue weighted by Gasteiger charge is 2.41. The molecular formula is C15H16F5N3O3. The van der Waals surface area contributed by atoms with Crippen LogP contribution in [0.5, 0.6) is 0 Å². The van der Waals surface area contributed by atoms with Crippen molar-refractivity contribution in [3.05, 3.63) is 33.4 Å². The topological polar surface area (TPSA) is 84.3 Å². The van der Waals surface area contributed by atoms with Crippen molar-refractivity contribution in [2.75, 3.05) is 12.4 Å². The van der Waals surface area contributed by atoms with Crippen LogP contribution >= 0.6 is 0 Å². The standard InChI is InChI=1S/C15H16F5N3O3/c1-21-13-10(23(25)26)6-9(11(16)12(13)17)14(24)22-8-4-2-7(3-5-8)15(18,19)20/h6-8,21H,2-5H2,1H3,(H,22,24)/t7-,8-. The molecule has 26 heavy (non-hydrogen) atoms. The van der Waals surface area contributed by atoms with Crippen molar-refractivity contribution in [2.45, 2.75) is 37.9 Å². The summed E-state index contributed by atoms with van der Waals surface area (Å²) in [5.41, 5.74) is -2.39. The molecule has 0 spiro atoms. The van der Waals surface area contributed by atoms with Crippen LogP contribution in [0.15, 0.2) is 6.07 Å². The van der Waals surface area contributed by atoms with E-state index in [1.807, 2.05) is 0 Å². The van der Waals surface area contributed by atoms with E-state index in [1.54, 1.807) is 0 Å². The van der Waals surface area contributed by atoms with Crippen LogP contribution in [0.25, 0.3) is 0 Å². The number of nitrogens with one attached hydrogen (secondary N) is 2. The van der Waals surface area contributed by atoms with Gasteiger partial charge in [0.1, 0.15) is 0 Å². The van der Waals surface area contributed by atoms with E-state index in [0.29, 0.717) is 6.07 Å². The molecule has 0 radical (unpaired) electrons. The van der Waals surface area contributed by atoms with Crippen molar-refractivity contribution in [1.29, 1.82) is 0 Å². The van der Waals surface area contributed by atoms with Crippen molar-refractivity contribution >= 4 is 17.3 Å². The van der Waals surface area contributed by atoms with Gasteiger partial charge in [0, 0.05) is 19.2 Å². The zero-order chi connectivity index (χ0) is 19.6. The molecule has 1 aromatic carbocycles. The lowest BCUT2D eigenvalue weighted by molar-refractivity contribution is -0.384. The van der Waals surface area contributed by atoms with Gasteiger partial charge in [-0.3, -0.25) is 14.9 Å². The Balaban J connectivity index is 2.17. The van der Waals surface area contributed by atoms with Crippen LogP contribution in [0, 0.1) is 27.7 Å². The maximum absolute atomic E-state index is 14.1. The summed E-state index contributed by atoms with van der Waals surface area (Å²) in [6.45, 7) is 0. The lowest BCUT2D eigenvalue weighted by Gasteiger charge is -2.30. The van der Waals surface area contributed by atoms with Gasteiger partial charge in [0.2, 0.25) is 0 Å². The first-order valence-corrected chi connectivity index (χ1v) is 7.78. The van der Waals surface area contributed by atoms with E-state index in [-0.39, 0.29) is 25.7 Å². The number of anilines is 1. The summed E-state index contributed by atoms with van der Waals surface area (Å²) in [4.78, 5) is 22.2. The zero-order valence-electron chi connectivity index (χ0n) is 13.6. The first kappa shape index (κ1) is 19.9. The molecule has 2 N–H and O–H groups in total. The van der Waals surface area contributed by atoms with Gasteiger partial charge in [-0.15, -0.1) is 0 Å². The molecule has 0 saturated heterocycles. The molecular weight excluding hydrogens is 365 g/mol. The second kappa shape index (κ2) is 7.42. The summed E-state index contributed by atoms with van der Waals surface area (Å²) in [6.07, 6.45) is -4.64. The monoisotopic (exact) mass is 381 g/mol. The predicted molar refractivity (Wildman–Crippen MR) is 81.8 cm³/mol. The minimum absolute atomic E-state index is 0.0245. The number of alkyl halides is 3. The third-order valence-corrected chi connectivity index (χ3v) is 4.40. The van der Waals surface area contributed by atoms with Gasteiger partial charge in [-0.2, -0.15) is 13.2 Å². The molecule has 1 aliphatic carbocycles. The third kappa shape index (κ3) is 4.02. The molecule has 0 bridgehead atoms. The molecule has 6 nitrogen and oxygen atoms in total. The largest absolute Gasteiger partial charge is 0.391 e. The van der Waals surface area contributed by atoms with Gasteiger partial charge >= 0.3 is 6.18 Å². The smallest absolute Gasteiger partial charge is 0.380 e. The van der Waals surface area contributed by atoms with Crippen LogP contribution in [-0.2, 0) is 0 Å². The number of halogens is 5. The Hall–Kier alpha value is -2.46. The van der Waals surface area contributed by atoms with Gasteiger partial charge in [-0.1, -0.05) is 0 Å². The van der Waals surface area contributed by atoms with Gasteiger partial charge in [0.05, 0.1) is 16.4 Å². The minimum atomic E-state index is -4.31. The fourth-order valence-corrected chi connectivity index (χ4v) is 2.99. The van der Waals surface area contributed by atoms with E-state index < -0.39 is 57.5 Å². The van der Waals surface area contributed by atoms with Crippen LogP contribution < -0.4 is 10.6 Å².